The molecule has 0 fully saturated rings. The van der Waals surface area contributed by atoms with Crippen LogP contribution in [0, 0.1) is 0 Å². The molecular formula is C11H14BrN5. The van der Waals surface area contributed by atoms with E-state index in [-0.39, 0.29) is 0 Å². The quantitative estimate of drug-likeness (QED) is 0.942. The van der Waals surface area contributed by atoms with Gasteiger partial charge in [0.15, 0.2) is 5.82 Å². The fourth-order valence-corrected chi connectivity index (χ4v) is 1.89. The van der Waals surface area contributed by atoms with Crippen molar-refractivity contribution < 1.29 is 0 Å². The maximum absolute atomic E-state index is 4.48. The first-order chi connectivity index (χ1) is 8.26. The van der Waals surface area contributed by atoms with Crippen LogP contribution in [-0.2, 0) is 6.54 Å². The molecule has 2 rings (SSSR count). The van der Waals surface area contributed by atoms with Crippen LogP contribution in [0.15, 0.2) is 22.9 Å². The summed E-state index contributed by atoms with van der Waals surface area (Å²) in [6, 6.07) is 1.92. The monoisotopic (exact) mass is 295 g/mol. The highest BCUT2D eigenvalue weighted by atomic mass is 79.9. The number of nitrogens with zero attached hydrogens (tertiary/aromatic N) is 4. The zero-order chi connectivity index (χ0) is 12.3. The summed E-state index contributed by atoms with van der Waals surface area (Å²) in [5.41, 5.74) is 0.930. The van der Waals surface area contributed by atoms with Crippen molar-refractivity contribution in [2.45, 2.75) is 20.4 Å². The first-order valence-corrected chi connectivity index (χ1v) is 6.34. The number of nitrogens with one attached hydrogen (secondary N) is 1. The van der Waals surface area contributed by atoms with Gasteiger partial charge in [-0.3, -0.25) is 4.68 Å². The van der Waals surface area contributed by atoms with Gasteiger partial charge in [0.1, 0.15) is 11.5 Å². The number of rotatable bonds is 4. The summed E-state index contributed by atoms with van der Waals surface area (Å²) >= 11 is 3.42. The predicted molar refractivity (Wildman–Crippen MR) is 70.8 cm³/mol. The van der Waals surface area contributed by atoms with Crippen molar-refractivity contribution in [2.75, 3.05) is 11.9 Å². The lowest BCUT2D eigenvalue weighted by molar-refractivity contribution is 0.664. The molecule has 0 spiro atoms. The molecule has 0 unspecified atom stereocenters. The second-order valence-corrected chi connectivity index (χ2v) is 4.31. The molecule has 0 aliphatic rings. The zero-order valence-corrected chi connectivity index (χ0v) is 11.4. The van der Waals surface area contributed by atoms with Crippen LogP contribution in [0.1, 0.15) is 13.8 Å². The Morgan fingerprint density at radius 1 is 1.41 bits per heavy atom. The topological polar surface area (TPSA) is 55.6 Å². The standard InChI is InChI=1S/C11H14BrN5/c1-3-13-10-8(12)7-14-11(16-10)9-5-6-15-17(9)4-2/h5-7H,3-4H2,1-2H3,(H,13,14,16). The molecule has 5 nitrogen and oxygen atoms in total. The van der Waals surface area contributed by atoms with Gasteiger partial charge in [-0.1, -0.05) is 0 Å². The van der Waals surface area contributed by atoms with Gasteiger partial charge in [0, 0.05) is 25.5 Å². The fraction of sp³-hybridized carbons (Fsp3) is 0.364. The molecule has 2 aromatic heterocycles. The summed E-state index contributed by atoms with van der Waals surface area (Å²) < 4.78 is 2.74. The SMILES string of the molecule is CCNc1nc(-c2ccnn2CC)ncc1Br. The van der Waals surface area contributed by atoms with Crippen LogP contribution >= 0.6 is 15.9 Å². The fourth-order valence-electron chi connectivity index (χ4n) is 1.56. The minimum Gasteiger partial charge on any atom is -0.369 e. The van der Waals surface area contributed by atoms with E-state index in [2.05, 4.69) is 36.3 Å². The second-order valence-electron chi connectivity index (χ2n) is 3.45. The highest BCUT2D eigenvalue weighted by Gasteiger charge is 2.10. The van der Waals surface area contributed by atoms with Gasteiger partial charge in [0.2, 0.25) is 0 Å². The van der Waals surface area contributed by atoms with E-state index in [0.717, 1.165) is 29.1 Å². The molecule has 90 valence electrons. The van der Waals surface area contributed by atoms with Crippen LogP contribution in [0.5, 0.6) is 0 Å². The number of halogens is 1. The molecule has 0 radical (unpaired) electrons. The molecule has 1 N–H and O–H groups in total. The Hall–Kier alpha value is -1.43. The third-order valence-corrected chi connectivity index (χ3v) is 2.91. The molecule has 0 saturated heterocycles. The Labute approximate surface area is 108 Å². The Bertz CT molecular complexity index is 508. The van der Waals surface area contributed by atoms with E-state index in [1.165, 1.54) is 0 Å². The lowest BCUT2D eigenvalue weighted by Crippen LogP contribution is -2.05. The van der Waals surface area contributed by atoms with Crippen LogP contribution in [0.3, 0.4) is 0 Å². The molecule has 0 aromatic carbocycles. The number of aryl methyl sites for hydroxylation is 1. The van der Waals surface area contributed by atoms with Gasteiger partial charge in [0.25, 0.3) is 0 Å². The van der Waals surface area contributed by atoms with E-state index in [4.69, 9.17) is 0 Å². The molecular weight excluding hydrogens is 282 g/mol. The molecule has 0 atom stereocenters. The van der Waals surface area contributed by atoms with Crippen molar-refractivity contribution in [1.29, 1.82) is 0 Å². The van der Waals surface area contributed by atoms with Crippen molar-refractivity contribution in [3.8, 4) is 11.5 Å². The van der Waals surface area contributed by atoms with Crippen molar-refractivity contribution in [3.05, 3.63) is 22.9 Å². The third kappa shape index (κ3) is 2.46. The number of anilines is 1. The van der Waals surface area contributed by atoms with Crippen molar-refractivity contribution in [1.82, 2.24) is 19.7 Å². The van der Waals surface area contributed by atoms with Gasteiger partial charge in [-0.25, -0.2) is 9.97 Å². The summed E-state index contributed by atoms with van der Waals surface area (Å²) in [6.07, 6.45) is 3.52. The van der Waals surface area contributed by atoms with E-state index in [9.17, 15) is 0 Å². The van der Waals surface area contributed by atoms with Crippen LogP contribution in [0.25, 0.3) is 11.5 Å². The summed E-state index contributed by atoms with van der Waals surface area (Å²) in [5, 5.41) is 7.40. The predicted octanol–water partition coefficient (Wildman–Crippen LogP) is 2.55. The molecule has 0 saturated carbocycles. The normalized spacial score (nSPS) is 10.5. The summed E-state index contributed by atoms with van der Waals surface area (Å²) in [6.45, 7) is 5.70. The van der Waals surface area contributed by atoms with Crippen LogP contribution in [0.4, 0.5) is 5.82 Å². The summed E-state index contributed by atoms with van der Waals surface area (Å²) in [4.78, 5) is 8.80. The van der Waals surface area contributed by atoms with Gasteiger partial charge >= 0.3 is 0 Å². The van der Waals surface area contributed by atoms with E-state index in [0.29, 0.717) is 5.82 Å². The van der Waals surface area contributed by atoms with Gasteiger partial charge in [-0.2, -0.15) is 5.10 Å². The molecule has 0 amide bonds. The van der Waals surface area contributed by atoms with E-state index < -0.39 is 0 Å². The van der Waals surface area contributed by atoms with E-state index in [1.807, 2.05) is 24.6 Å². The molecule has 0 aliphatic carbocycles. The zero-order valence-electron chi connectivity index (χ0n) is 9.81. The largest absolute Gasteiger partial charge is 0.369 e. The number of hydrogen-bond donors (Lipinski definition) is 1. The molecule has 0 bridgehead atoms. The average Bonchev–Trinajstić information content (AvgIpc) is 2.80. The summed E-state index contributed by atoms with van der Waals surface area (Å²) in [5.74, 6) is 1.49. The molecule has 6 heteroatoms. The first-order valence-electron chi connectivity index (χ1n) is 5.54. The van der Waals surface area contributed by atoms with Crippen molar-refractivity contribution >= 4 is 21.7 Å². The highest BCUT2D eigenvalue weighted by molar-refractivity contribution is 9.10. The maximum Gasteiger partial charge on any atom is 0.179 e. The molecule has 2 aromatic rings. The average molecular weight is 296 g/mol. The Kier molecular flexibility index (Phi) is 3.73. The molecule has 2 heterocycles. The Morgan fingerprint density at radius 2 is 2.24 bits per heavy atom. The third-order valence-electron chi connectivity index (χ3n) is 2.33. The lowest BCUT2D eigenvalue weighted by Gasteiger charge is -2.08. The Balaban J connectivity index is 2.42. The van der Waals surface area contributed by atoms with Gasteiger partial charge < -0.3 is 5.32 Å². The van der Waals surface area contributed by atoms with Crippen molar-refractivity contribution in [3.63, 3.8) is 0 Å². The van der Waals surface area contributed by atoms with Crippen LogP contribution < -0.4 is 5.32 Å². The van der Waals surface area contributed by atoms with Gasteiger partial charge in [-0.05, 0) is 35.8 Å². The van der Waals surface area contributed by atoms with Gasteiger partial charge in [-0.15, -0.1) is 0 Å². The lowest BCUT2D eigenvalue weighted by atomic mass is 10.4. The molecule has 0 aliphatic heterocycles. The smallest absolute Gasteiger partial charge is 0.179 e. The maximum atomic E-state index is 4.48. The van der Waals surface area contributed by atoms with Crippen LogP contribution in [-0.4, -0.2) is 26.3 Å². The summed E-state index contributed by atoms with van der Waals surface area (Å²) in [7, 11) is 0. The van der Waals surface area contributed by atoms with E-state index in [1.54, 1.807) is 12.4 Å². The van der Waals surface area contributed by atoms with Crippen molar-refractivity contribution in [2.24, 2.45) is 0 Å². The van der Waals surface area contributed by atoms with E-state index >= 15 is 0 Å². The Morgan fingerprint density at radius 3 is 2.94 bits per heavy atom. The number of hydrogen-bond acceptors (Lipinski definition) is 4. The van der Waals surface area contributed by atoms with Gasteiger partial charge in [0.05, 0.1) is 4.47 Å². The number of aromatic nitrogens is 4. The highest BCUT2D eigenvalue weighted by Crippen LogP contribution is 2.22. The van der Waals surface area contributed by atoms with Crippen LogP contribution in [0.2, 0.25) is 0 Å². The minimum absolute atomic E-state index is 0.684. The second kappa shape index (κ2) is 5.27. The first kappa shape index (κ1) is 12.0. The molecule has 17 heavy (non-hydrogen) atoms. The minimum atomic E-state index is 0.684.